The van der Waals surface area contributed by atoms with Crippen molar-refractivity contribution in [2.24, 2.45) is 0 Å². The zero-order valence-electron chi connectivity index (χ0n) is 14.7. The summed E-state index contributed by atoms with van der Waals surface area (Å²) in [6.45, 7) is 0. The van der Waals surface area contributed by atoms with Crippen LogP contribution in [0.3, 0.4) is 0 Å². The van der Waals surface area contributed by atoms with Gasteiger partial charge in [0.05, 0.1) is 0 Å². The Kier molecular flexibility index (Phi) is 4.43. The first-order valence-corrected chi connectivity index (χ1v) is 8.83. The standard InChI is InChI=1S/C24H18O3/c25-22(19-12-6-2-7-13-19)24(21-14-8-3-9-15-21)17-20(23(26)27-24)16-18-10-4-1-5-11-18/h1-15,17H,16H2. The fourth-order valence-electron chi connectivity index (χ4n) is 3.36. The first kappa shape index (κ1) is 17.0. The van der Waals surface area contributed by atoms with Gasteiger partial charge in [-0.2, -0.15) is 0 Å². The number of ether oxygens (including phenoxy) is 1. The number of Topliss-reactive ketones (excluding diaryl/α,β-unsaturated/α-hetero) is 1. The third-order valence-corrected chi connectivity index (χ3v) is 4.71. The molecule has 3 aromatic rings. The molecule has 3 nitrogen and oxygen atoms in total. The van der Waals surface area contributed by atoms with Gasteiger partial charge in [-0.05, 0) is 11.6 Å². The van der Waals surface area contributed by atoms with Crippen LogP contribution >= 0.6 is 0 Å². The summed E-state index contributed by atoms with van der Waals surface area (Å²) in [5, 5.41) is 0. The molecule has 0 N–H and O–H groups in total. The smallest absolute Gasteiger partial charge is 0.335 e. The lowest BCUT2D eigenvalue weighted by Crippen LogP contribution is -2.35. The molecule has 3 aromatic carbocycles. The number of benzene rings is 3. The SMILES string of the molecule is O=C1OC(C(=O)c2ccccc2)(c2ccccc2)C=C1Cc1ccccc1. The average Bonchev–Trinajstić information content (AvgIpc) is 3.07. The molecule has 0 aliphatic carbocycles. The van der Waals surface area contributed by atoms with Crippen LogP contribution < -0.4 is 0 Å². The van der Waals surface area contributed by atoms with Crippen molar-refractivity contribution in [2.45, 2.75) is 12.0 Å². The fraction of sp³-hybridized carbons (Fsp3) is 0.0833. The van der Waals surface area contributed by atoms with Crippen molar-refractivity contribution >= 4 is 11.8 Å². The first-order chi connectivity index (χ1) is 13.2. The molecule has 132 valence electrons. The van der Waals surface area contributed by atoms with Gasteiger partial charge in [0.1, 0.15) is 0 Å². The molecule has 0 saturated carbocycles. The van der Waals surface area contributed by atoms with E-state index in [1.54, 1.807) is 30.3 Å². The number of cyclic esters (lactones) is 1. The summed E-state index contributed by atoms with van der Waals surface area (Å²) in [7, 11) is 0. The number of carbonyl (C=O) groups is 2. The molecular formula is C24H18O3. The summed E-state index contributed by atoms with van der Waals surface area (Å²) < 4.78 is 5.75. The van der Waals surface area contributed by atoms with Gasteiger partial charge in [0.2, 0.25) is 11.4 Å². The van der Waals surface area contributed by atoms with Gasteiger partial charge >= 0.3 is 5.97 Å². The van der Waals surface area contributed by atoms with Crippen LogP contribution in [0.1, 0.15) is 21.5 Å². The lowest BCUT2D eigenvalue weighted by Gasteiger charge is -2.25. The Morgan fingerprint density at radius 1 is 0.778 bits per heavy atom. The van der Waals surface area contributed by atoms with Crippen molar-refractivity contribution in [3.8, 4) is 0 Å². The molecule has 0 saturated heterocycles. The number of esters is 1. The van der Waals surface area contributed by atoms with Crippen LogP contribution in [0, 0.1) is 0 Å². The summed E-state index contributed by atoms with van der Waals surface area (Å²) in [5.74, 6) is -0.697. The van der Waals surface area contributed by atoms with E-state index < -0.39 is 11.6 Å². The van der Waals surface area contributed by atoms with E-state index in [2.05, 4.69) is 0 Å². The molecular weight excluding hydrogens is 336 g/mol. The lowest BCUT2D eigenvalue weighted by atomic mass is 9.85. The molecule has 3 heteroatoms. The van der Waals surface area contributed by atoms with Crippen LogP contribution in [-0.2, 0) is 21.6 Å². The maximum Gasteiger partial charge on any atom is 0.335 e. The van der Waals surface area contributed by atoms with E-state index in [1.807, 2.05) is 66.7 Å². The number of rotatable bonds is 5. The summed E-state index contributed by atoms with van der Waals surface area (Å²) in [4.78, 5) is 26.1. The van der Waals surface area contributed by atoms with Crippen LogP contribution in [0.15, 0.2) is 103 Å². The molecule has 27 heavy (non-hydrogen) atoms. The van der Waals surface area contributed by atoms with Gasteiger partial charge in [0.25, 0.3) is 0 Å². The highest BCUT2D eigenvalue weighted by Crippen LogP contribution is 2.38. The highest BCUT2D eigenvalue weighted by Gasteiger charge is 2.48. The minimum atomic E-state index is -1.43. The van der Waals surface area contributed by atoms with Gasteiger partial charge in [-0.25, -0.2) is 4.79 Å². The summed E-state index contributed by atoms with van der Waals surface area (Å²) in [6, 6.07) is 27.8. The Hall–Kier alpha value is -3.46. The largest absolute Gasteiger partial charge is 0.438 e. The van der Waals surface area contributed by atoms with Crippen LogP contribution in [0.25, 0.3) is 0 Å². The van der Waals surface area contributed by atoms with E-state index in [0.29, 0.717) is 23.1 Å². The van der Waals surface area contributed by atoms with E-state index in [0.717, 1.165) is 5.56 Å². The molecule has 1 atom stereocenters. The second kappa shape index (κ2) is 7.04. The third kappa shape index (κ3) is 3.20. The van der Waals surface area contributed by atoms with Crippen molar-refractivity contribution in [3.05, 3.63) is 119 Å². The average molecular weight is 354 g/mol. The summed E-state index contributed by atoms with van der Waals surface area (Å²) >= 11 is 0. The zero-order valence-corrected chi connectivity index (χ0v) is 14.7. The molecule has 1 unspecified atom stereocenters. The van der Waals surface area contributed by atoms with E-state index in [9.17, 15) is 9.59 Å². The van der Waals surface area contributed by atoms with Crippen LogP contribution in [-0.4, -0.2) is 11.8 Å². The number of hydrogen-bond donors (Lipinski definition) is 0. The first-order valence-electron chi connectivity index (χ1n) is 8.83. The van der Waals surface area contributed by atoms with Gasteiger partial charge in [-0.15, -0.1) is 0 Å². The number of carbonyl (C=O) groups excluding carboxylic acids is 2. The number of hydrogen-bond acceptors (Lipinski definition) is 3. The highest BCUT2D eigenvalue weighted by molar-refractivity contribution is 6.09. The molecule has 0 radical (unpaired) electrons. The maximum atomic E-state index is 13.4. The quantitative estimate of drug-likeness (QED) is 0.501. The molecule has 1 aliphatic rings. The summed E-state index contributed by atoms with van der Waals surface area (Å²) in [5.41, 5.74) is 1.22. The minimum absolute atomic E-state index is 0.245. The second-order valence-corrected chi connectivity index (χ2v) is 6.52. The van der Waals surface area contributed by atoms with Crippen molar-refractivity contribution in [1.29, 1.82) is 0 Å². The Labute approximate surface area is 157 Å². The van der Waals surface area contributed by atoms with Gasteiger partial charge in [-0.3, -0.25) is 4.79 Å². The molecule has 0 bridgehead atoms. The van der Waals surface area contributed by atoms with Crippen molar-refractivity contribution in [2.75, 3.05) is 0 Å². The van der Waals surface area contributed by atoms with Crippen molar-refractivity contribution < 1.29 is 14.3 Å². The Morgan fingerprint density at radius 3 is 1.96 bits per heavy atom. The monoisotopic (exact) mass is 354 g/mol. The third-order valence-electron chi connectivity index (χ3n) is 4.71. The van der Waals surface area contributed by atoms with Gasteiger partial charge in [0.15, 0.2) is 0 Å². The van der Waals surface area contributed by atoms with Crippen LogP contribution in [0.2, 0.25) is 0 Å². The molecule has 0 amide bonds. The molecule has 0 fully saturated rings. The Balaban J connectivity index is 1.80. The zero-order chi connectivity index (χ0) is 18.7. The topological polar surface area (TPSA) is 43.4 Å². The van der Waals surface area contributed by atoms with E-state index in [4.69, 9.17) is 4.74 Å². The highest BCUT2D eigenvalue weighted by atomic mass is 16.6. The van der Waals surface area contributed by atoms with E-state index >= 15 is 0 Å². The Bertz CT molecular complexity index is 992. The van der Waals surface area contributed by atoms with Gasteiger partial charge in [-0.1, -0.05) is 91.0 Å². The number of ketones is 1. The normalized spacial score (nSPS) is 18.7. The predicted octanol–water partition coefficient (Wildman–Crippen LogP) is 4.49. The molecule has 0 aromatic heterocycles. The fourth-order valence-corrected chi connectivity index (χ4v) is 3.36. The van der Waals surface area contributed by atoms with Crippen LogP contribution in [0.5, 0.6) is 0 Å². The predicted molar refractivity (Wildman–Crippen MR) is 103 cm³/mol. The van der Waals surface area contributed by atoms with Gasteiger partial charge in [0, 0.05) is 23.1 Å². The van der Waals surface area contributed by atoms with E-state index in [-0.39, 0.29) is 5.78 Å². The maximum absolute atomic E-state index is 13.4. The minimum Gasteiger partial charge on any atom is -0.438 e. The summed E-state index contributed by atoms with van der Waals surface area (Å²) in [6.07, 6.45) is 2.11. The van der Waals surface area contributed by atoms with Crippen molar-refractivity contribution in [3.63, 3.8) is 0 Å². The molecule has 1 heterocycles. The van der Waals surface area contributed by atoms with Crippen LogP contribution in [0.4, 0.5) is 0 Å². The Morgan fingerprint density at radius 2 is 1.33 bits per heavy atom. The van der Waals surface area contributed by atoms with Crippen molar-refractivity contribution in [1.82, 2.24) is 0 Å². The molecule has 0 spiro atoms. The molecule has 1 aliphatic heterocycles. The second-order valence-electron chi connectivity index (χ2n) is 6.52. The van der Waals surface area contributed by atoms with Gasteiger partial charge < -0.3 is 4.74 Å². The molecule has 4 rings (SSSR count). The lowest BCUT2D eigenvalue weighted by molar-refractivity contribution is -0.144. The van der Waals surface area contributed by atoms with E-state index in [1.165, 1.54) is 0 Å².